The maximum absolute atomic E-state index is 14.1. The van der Waals surface area contributed by atoms with Crippen LogP contribution in [0.25, 0.3) is 0 Å². The Morgan fingerprint density at radius 3 is 1.91 bits per heavy atom. The lowest BCUT2D eigenvalue weighted by molar-refractivity contribution is -0.135. The predicted octanol–water partition coefficient (Wildman–Crippen LogP) is 6.60. The molecule has 0 spiro atoms. The summed E-state index contributed by atoms with van der Waals surface area (Å²) in [6.07, 6.45) is 3.56. The molecule has 2 N–H and O–H groups in total. The molecular weight excluding hydrogens is 595 g/mol. The van der Waals surface area contributed by atoms with Gasteiger partial charge in [0.05, 0.1) is 12.5 Å². The van der Waals surface area contributed by atoms with Crippen LogP contribution in [0.1, 0.15) is 61.3 Å². The summed E-state index contributed by atoms with van der Waals surface area (Å²) in [6, 6.07) is -1.17. The van der Waals surface area contributed by atoms with E-state index in [-0.39, 0.29) is 18.0 Å². The van der Waals surface area contributed by atoms with Crippen LogP contribution in [-0.2, 0) is 18.8 Å². The Morgan fingerprint density at radius 2 is 1.42 bits per heavy atom. The fourth-order valence-corrected chi connectivity index (χ4v) is 4.68. The van der Waals surface area contributed by atoms with Crippen LogP contribution in [0.3, 0.4) is 0 Å². The van der Waals surface area contributed by atoms with Crippen LogP contribution in [0.4, 0.5) is 26.7 Å². The van der Waals surface area contributed by atoms with Crippen molar-refractivity contribution in [2.24, 2.45) is 0 Å². The number of carbonyl (C=O) groups excluding carboxylic acids is 3. The van der Waals surface area contributed by atoms with Gasteiger partial charge in [0.15, 0.2) is 8.32 Å². The van der Waals surface area contributed by atoms with Gasteiger partial charge in [-0.25, -0.2) is 18.0 Å². The van der Waals surface area contributed by atoms with Gasteiger partial charge in [-0.2, -0.15) is 8.78 Å². The number of halogens is 5. The molecule has 8 nitrogen and oxygen atoms in total. The van der Waals surface area contributed by atoms with Crippen LogP contribution in [-0.4, -0.2) is 50.6 Å². The highest BCUT2D eigenvalue weighted by molar-refractivity contribution is 6.74. The molecule has 0 aliphatic carbocycles. The fourth-order valence-electron chi connectivity index (χ4n) is 3.31. The molecule has 0 saturated carbocycles. The van der Waals surface area contributed by atoms with Crippen molar-refractivity contribution in [2.75, 3.05) is 6.54 Å². The quantitative estimate of drug-likeness (QED) is 0.0392. The molecule has 1 aromatic carbocycles. The SMILES string of the molecule is C/C=C\C=C\C(=O)NC[C@@H](C[C@H](CC(=O)Oc1c(F)c(F)c(F)c(F)c1F)NC(=O)OC(C)(C)C)O[Si](C)(C)C(C)(C)C. The molecule has 2 atom stereocenters. The number of hydrogen-bond acceptors (Lipinski definition) is 6. The third-order valence-electron chi connectivity index (χ3n) is 6.39. The van der Waals surface area contributed by atoms with Gasteiger partial charge in [-0.05, 0) is 52.2 Å². The monoisotopic (exact) mass is 636 g/mol. The van der Waals surface area contributed by atoms with E-state index in [0.29, 0.717) is 0 Å². The summed E-state index contributed by atoms with van der Waals surface area (Å²) >= 11 is 0. The molecule has 14 heteroatoms. The first kappa shape index (κ1) is 37.8. The van der Waals surface area contributed by atoms with E-state index in [1.165, 1.54) is 12.2 Å². The zero-order valence-corrected chi connectivity index (χ0v) is 26.9. The number of alkyl carbamates (subject to hydrolysis) is 1. The molecule has 0 radical (unpaired) electrons. The Kier molecular flexibility index (Phi) is 13.6. The Bertz CT molecular complexity index is 1200. The van der Waals surface area contributed by atoms with Crippen molar-refractivity contribution in [1.29, 1.82) is 0 Å². The standard InChI is InChI=1S/C29H41F5N2O6Si/c1-10-11-12-13-19(37)35-16-18(42-43(8,9)29(5,6)7)14-17(36-27(39)41-28(2,3)4)15-20(38)40-26-24(33)22(31)21(30)23(32)25(26)34/h10-13,17-18H,14-16H2,1-9H3,(H,35,37)(H,36,39)/b11-10-,13-12+/t17-,18-/m1/s1. The summed E-state index contributed by atoms with van der Waals surface area (Å²) in [4.78, 5) is 37.7. The summed E-state index contributed by atoms with van der Waals surface area (Å²) in [7, 11) is -2.51. The van der Waals surface area contributed by atoms with Gasteiger partial charge in [0, 0.05) is 18.7 Å². The Hall–Kier alpha value is -3.26. The third-order valence-corrected chi connectivity index (χ3v) is 10.9. The molecule has 0 fully saturated rings. The van der Waals surface area contributed by atoms with E-state index in [1.807, 2.05) is 33.9 Å². The first-order valence-electron chi connectivity index (χ1n) is 13.6. The molecule has 0 bridgehead atoms. The second-order valence-electron chi connectivity index (χ2n) is 12.3. The van der Waals surface area contributed by atoms with E-state index in [2.05, 4.69) is 15.4 Å². The summed E-state index contributed by atoms with van der Waals surface area (Å²) in [5.41, 5.74) is -0.936. The van der Waals surface area contributed by atoms with Crippen molar-refractivity contribution in [1.82, 2.24) is 10.6 Å². The molecule has 0 saturated heterocycles. The maximum atomic E-state index is 14.1. The summed E-state index contributed by atoms with van der Waals surface area (Å²) in [5.74, 6) is -15.3. The van der Waals surface area contributed by atoms with Crippen LogP contribution in [0, 0.1) is 29.1 Å². The number of nitrogens with one attached hydrogen (secondary N) is 2. The van der Waals surface area contributed by atoms with Gasteiger partial charge in [0.2, 0.25) is 40.7 Å². The van der Waals surface area contributed by atoms with Crippen molar-refractivity contribution in [3.05, 3.63) is 53.4 Å². The number of benzene rings is 1. The van der Waals surface area contributed by atoms with Gasteiger partial charge in [-0.15, -0.1) is 0 Å². The van der Waals surface area contributed by atoms with Crippen molar-refractivity contribution in [3.63, 3.8) is 0 Å². The van der Waals surface area contributed by atoms with E-state index in [9.17, 15) is 36.3 Å². The molecule has 1 aromatic rings. The molecule has 0 unspecified atom stereocenters. The van der Waals surface area contributed by atoms with E-state index in [0.717, 1.165) is 0 Å². The van der Waals surface area contributed by atoms with Gasteiger partial charge in [0.1, 0.15) is 5.60 Å². The number of ether oxygens (including phenoxy) is 2. The maximum Gasteiger partial charge on any atom is 0.407 e. The molecule has 43 heavy (non-hydrogen) atoms. The lowest BCUT2D eigenvalue weighted by Crippen LogP contribution is -2.50. The molecular formula is C29H41F5N2O6Si. The normalized spacial score (nSPS) is 14.1. The molecule has 0 aliphatic heterocycles. The van der Waals surface area contributed by atoms with Crippen LogP contribution in [0.5, 0.6) is 5.75 Å². The summed E-state index contributed by atoms with van der Waals surface area (Å²) < 4.78 is 85.2. The number of hydrogen-bond donors (Lipinski definition) is 2. The largest absolute Gasteiger partial charge is 0.444 e. The number of rotatable bonds is 12. The molecule has 1 rings (SSSR count). The second-order valence-corrected chi connectivity index (χ2v) is 17.0. The minimum absolute atomic E-state index is 0.0509. The zero-order valence-electron chi connectivity index (χ0n) is 25.9. The summed E-state index contributed by atoms with van der Waals surface area (Å²) in [6.45, 7) is 16.3. The fraction of sp³-hybridized carbons (Fsp3) is 0.552. The van der Waals surface area contributed by atoms with Crippen LogP contribution in [0.15, 0.2) is 24.3 Å². The number of allylic oxidation sites excluding steroid dienone is 3. The van der Waals surface area contributed by atoms with Gasteiger partial charge < -0.3 is 24.5 Å². The predicted molar refractivity (Wildman–Crippen MR) is 153 cm³/mol. The highest BCUT2D eigenvalue weighted by Crippen LogP contribution is 2.38. The lowest BCUT2D eigenvalue weighted by atomic mass is 10.1. The van der Waals surface area contributed by atoms with Crippen molar-refractivity contribution < 1.29 is 50.2 Å². The van der Waals surface area contributed by atoms with Crippen molar-refractivity contribution in [3.8, 4) is 5.75 Å². The second kappa shape index (κ2) is 15.5. The Balaban J connectivity index is 3.35. The lowest BCUT2D eigenvalue weighted by Gasteiger charge is -2.40. The van der Waals surface area contributed by atoms with Gasteiger partial charge in [-0.1, -0.05) is 39.0 Å². The zero-order chi connectivity index (χ0) is 33.3. The third kappa shape index (κ3) is 12.1. The van der Waals surface area contributed by atoms with Crippen LogP contribution >= 0.6 is 0 Å². The van der Waals surface area contributed by atoms with E-state index < -0.39 is 85.3 Å². The van der Waals surface area contributed by atoms with E-state index in [4.69, 9.17) is 9.16 Å². The van der Waals surface area contributed by atoms with Gasteiger partial charge in [-0.3, -0.25) is 9.59 Å². The first-order valence-corrected chi connectivity index (χ1v) is 16.5. The number of esters is 1. The highest BCUT2D eigenvalue weighted by atomic mass is 28.4. The number of amides is 2. The van der Waals surface area contributed by atoms with Crippen LogP contribution < -0.4 is 15.4 Å². The molecule has 0 aromatic heterocycles. The Labute approximate surface area is 250 Å². The molecule has 2 amide bonds. The molecule has 0 aliphatic rings. The van der Waals surface area contributed by atoms with Crippen molar-refractivity contribution >= 4 is 26.3 Å². The smallest absolute Gasteiger partial charge is 0.407 e. The Morgan fingerprint density at radius 1 is 0.884 bits per heavy atom. The minimum Gasteiger partial charge on any atom is -0.444 e. The highest BCUT2D eigenvalue weighted by Gasteiger charge is 2.40. The molecule has 0 heterocycles. The average molecular weight is 637 g/mol. The van der Waals surface area contributed by atoms with E-state index in [1.54, 1.807) is 39.8 Å². The average Bonchev–Trinajstić information content (AvgIpc) is 2.85. The van der Waals surface area contributed by atoms with Gasteiger partial charge in [0.25, 0.3) is 0 Å². The van der Waals surface area contributed by atoms with Crippen molar-refractivity contribution in [2.45, 2.75) is 97.2 Å². The summed E-state index contributed by atoms with van der Waals surface area (Å²) in [5, 5.41) is 4.90. The van der Waals surface area contributed by atoms with E-state index >= 15 is 0 Å². The van der Waals surface area contributed by atoms with Gasteiger partial charge >= 0.3 is 12.1 Å². The minimum atomic E-state index is -2.51. The topological polar surface area (TPSA) is 103 Å². The molecule has 242 valence electrons. The first-order chi connectivity index (χ1) is 19.6. The number of carbonyl (C=O) groups is 3. The van der Waals surface area contributed by atoms with Crippen LogP contribution in [0.2, 0.25) is 18.1 Å².